The van der Waals surface area contributed by atoms with Gasteiger partial charge in [-0.15, -0.1) is 0 Å². The maximum Gasteiger partial charge on any atom is 0.228 e. The van der Waals surface area contributed by atoms with Crippen LogP contribution >= 0.6 is 11.6 Å². The fraction of sp³-hybridized carbons (Fsp3) is 0.680. The van der Waals surface area contributed by atoms with Gasteiger partial charge in [0.05, 0.1) is 17.4 Å². The Bertz CT molecular complexity index is 1040. The molecule has 7 nitrogen and oxygen atoms in total. The van der Waals surface area contributed by atoms with E-state index in [2.05, 4.69) is 22.0 Å². The number of nitrogens with one attached hydrogen (secondary N) is 1. The standard InChI is InChI=1S/C25H36ClN3O4S/c1-17-14-28(9-10-29(17)25(31)19-6-3-4-7-19)15-21-12-22(26)13-23(18(21)2)27-24(30)20-8-5-11-34(32,33)16-20/h12-13,17,19-20H,3-11,14-16H2,1-2H3,(H,27,30)/t17-,20?/m0/s1. The van der Waals surface area contributed by atoms with Crippen molar-refractivity contribution in [2.24, 2.45) is 11.8 Å². The van der Waals surface area contributed by atoms with Crippen LogP contribution in [0.3, 0.4) is 0 Å². The molecule has 1 aromatic rings. The fourth-order valence-electron chi connectivity index (χ4n) is 5.65. The number of benzene rings is 1. The highest BCUT2D eigenvalue weighted by Crippen LogP contribution is 2.30. The van der Waals surface area contributed by atoms with Gasteiger partial charge in [0.2, 0.25) is 11.8 Å². The highest BCUT2D eigenvalue weighted by molar-refractivity contribution is 7.91. The number of hydrogen-bond acceptors (Lipinski definition) is 5. The average Bonchev–Trinajstić information content (AvgIpc) is 3.31. The summed E-state index contributed by atoms with van der Waals surface area (Å²) in [7, 11) is -3.16. The van der Waals surface area contributed by atoms with Crippen LogP contribution in [0.5, 0.6) is 0 Å². The number of carbonyl (C=O) groups is 2. The average molecular weight is 510 g/mol. The summed E-state index contributed by atoms with van der Waals surface area (Å²) in [6.07, 6.45) is 5.47. The third-order valence-corrected chi connectivity index (χ3v) is 9.70. The van der Waals surface area contributed by atoms with Gasteiger partial charge in [-0.2, -0.15) is 0 Å². The molecule has 0 radical (unpaired) electrons. The summed E-state index contributed by atoms with van der Waals surface area (Å²) >= 11 is 6.40. The summed E-state index contributed by atoms with van der Waals surface area (Å²) in [4.78, 5) is 30.1. The Labute approximate surface area is 208 Å². The SMILES string of the molecule is Cc1c(CN2CCN(C(=O)C3CCCC3)[C@@H](C)C2)cc(Cl)cc1NC(=O)C1CCCS(=O)(=O)C1. The van der Waals surface area contributed by atoms with Crippen molar-refractivity contribution in [3.05, 3.63) is 28.3 Å². The second-order valence-corrected chi connectivity index (χ2v) is 12.9. The van der Waals surface area contributed by atoms with E-state index in [1.807, 2.05) is 13.0 Å². The lowest BCUT2D eigenvalue weighted by atomic mass is 10.0. The van der Waals surface area contributed by atoms with Crippen LogP contribution in [0.25, 0.3) is 0 Å². The summed E-state index contributed by atoms with van der Waals surface area (Å²) in [6.45, 7) is 7.09. The predicted molar refractivity (Wildman–Crippen MR) is 135 cm³/mol. The van der Waals surface area contributed by atoms with Gasteiger partial charge in [-0.05, 0) is 62.8 Å². The van der Waals surface area contributed by atoms with Gasteiger partial charge in [0.25, 0.3) is 0 Å². The zero-order chi connectivity index (χ0) is 24.5. The first-order valence-electron chi connectivity index (χ1n) is 12.5. The molecule has 0 spiro atoms. The fourth-order valence-corrected chi connectivity index (χ4v) is 7.59. The van der Waals surface area contributed by atoms with Gasteiger partial charge in [0, 0.05) is 48.8 Å². The number of piperazine rings is 1. The number of sulfone groups is 1. The molecule has 188 valence electrons. The van der Waals surface area contributed by atoms with Crippen LogP contribution in [0.2, 0.25) is 5.02 Å². The van der Waals surface area contributed by atoms with Gasteiger partial charge in [-0.3, -0.25) is 14.5 Å². The first kappa shape index (κ1) is 25.5. The van der Waals surface area contributed by atoms with Crippen molar-refractivity contribution in [3.8, 4) is 0 Å². The molecule has 1 unspecified atom stereocenters. The molecule has 2 saturated heterocycles. The Hall–Kier alpha value is -1.64. The van der Waals surface area contributed by atoms with Crippen LogP contribution in [-0.4, -0.2) is 67.2 Å². The Morgan fingerprint density at radius 3 is 2.47 bits per heavy atom. The molecular weight excluding hydrogens is 474 g/mol. The number of amides is 2. The van der Waals surface area contributed by atoms with E-state index in [-0.39, 0.29) is 29.4 Å². The number of anilines is 1. The monoisotopic (exact) mass is 509 g/mol. The Morgan fingerprint density at radius 1 is 1.09 bits per heavy atom. The van der Waals surface area contributed by atoms with Crippen LogP contribution in [0.15, 0.2) is 12.1 Å². The molecule has 2 amide bonds. The summed E-state index contributed by atoms with van der Waals surface area (Å²) in [5, 5.41) is 3.48. The smallest absolute Gasteiger partial charge is 0.228 e. The minimum atomic E-state index is -3.16. The van der Waals surface area contributed by atoms with Crippen molar-refractivity contribution in [1.82, 2.24) is 9.80 Å². The molecule has 1 N–H and O–H groups in total. The van der Waals surface area contributed by atoms with Crippen molar-refractivity contribution in [3.63, 3.8) is 0 Å². The quantitative estimate of drug-likeness (QED) is 0.655. The Balaban J connectivity index is 1.40. The molecule has 3 aliphatic rings. The molecule has 1 aromatic carbocycles. The van der Waals surface area contributed by atoms with E-state index in [4.69, 9.17) is 11.6 Å². The second-order valence-electron chi connectivity index (χ2n) is 10.3. The lowest BCUT2D eigenvalue weighted by Gasteiger charge is -2.41. The van der Waals surface area contributed by atoms with Gasteiger partial charge < -0.3 is 10.2 Å². The van der Waals surface area contributed by atoms with Crippen LogP contribution in [-0.2, 0) is 26.0 Å². The third kappa shape index (κ3) is 5.94. The third-order valence-electron chi connectivity index (χ3n) is 7.66. The van der Waals surface area contributed by atoms with Crippen molar-refractivity contribution in [2.75, 3.05) is 36.5 Å². The molecule has 1 aliphatic carbocycles. The highest BCUT2D eigenvalue weighted by Gasteiger charge is 2.33. The maximum absolute atomic E-state index is 12.9. The van der Waals surface area contributed by atoms with Crippen LogP contribution in [0.4, 0.5) is 5.69 Å². The first-order chi connectivity index (χ1) is 16.1. The molecular formula is C25H36ClN3O4S. The summed E-state index contributed by atoms with van der Waals surface area (Å²) in [5.74, 6) is -0.186. The summed E-state index contributed by atoms with van der Waals surface area (Å²) in [6, 6.07) is 3.82. The number of halogens is 1. The van der Waals surface area contributed by atoms with Gasteiger partial charge in [0.15, 0.2) is 9.84 Å². The van der Waals surface area contributed by atoms with Gasteiger partial charge in [-0.1, -0.05) is 24.4 Å². The zero-order valence-corrected chi connectivity index (χ0v) is 21.8. The highest BCUT2D eigenvalue weighted by atomic mass is 35.5. The molecule has 3 fully saturated rings. The lowest BCUT2D eigenvalue weighted by molar-refractivity contribution is -0.140. The van der Waals surface area contributed by atoms with E-state index in [0.717, 1.165) is 56.4 Å². The van der Waals surface area contributed by atoms with E-state index >= 15 is 0 Å². The van der Waals surface area contributed by atoms with Crippen LogP contribution in [0, 0.1) is 18.8 Å². The first-order valence-corrected chi connectivity index (χ1v) is 14.7. The van der Waals surface area contributed by atoms with Crippen molar-refractivity contribution in [2.45, 2.75) is 65.0 Å². The summed E-state index contributed by atoms with van der Waals surface area (Å²) in [5.41, 5.74) is 2.61. The second kappa shape index (κ2) is 10.5. The van der Waals surface area contributed by atoms with Gasteiger partial charge >= 0.3 is 0 Å². The molecule has 34 heavy (non-hydrogen) atoms. The maximum atomic E-state index is 12.9. The van der Waals surface area contributed by atoms with Crippen LogP contribution in [0.1, 0.15) is 56.6 Å². The van der Waals surface area contributed by atoms with Gasteiger partial charge in [-0.25, -0.2) is 8.42 Å². The lowest BCUT2D eigenvalue weighted by Crippen LogP contribution is -2.54. The normalized spacial score (nSPS) is 25.9. The van der Waals surface area contributed by atoms with Crippen molar-refractivity contribution < 1.29 is 18.0 Å². The van der Waals surface area contributed by atoms with Crippen LogP contribution < -0.4 is 5.32 Å². The Morgan fingerprint density at radius 2 is 1.79 bits per heavy atom. The molecule has 0 bridgehead atoms. The predicted octanol–water partition coefficient (Wildman–Crippen LogP) is 3.63. The largest absolute Gasteiger partial charge is 0.337 e. The molecule has 4 rings (SSSR count). The number of hydrogen-bond donors (Lipinski definition) is 1. The topological polar surface area (TPSA) is 86.8 Å². The number of rotatable bonds is 5. The van der Waals surface area contributed by atoms with Gasteiger partial charge in [0.1, 0.15) is 0 Å². The van der Waals surface area contributed by atoms with Crippen molar-refractivity contribution in [1.29, 1.82) is 0 Å². The minimum Gasteiger partial charge on any atom is -0.337 e. The summed E-state index contributed by atoms with van der Waals surface area (Å²) < 4.78 is 23.9. The number of carbonyl (C=O) groups excluding carboxylic acids is 2. The Kier molecular flexibility index (Phi) is 7.89. The molecule has 2 aliphatic heterocycles. The minimum absolute atomic E-state index is 0.0902. The van der Waals surface area contributed by atoms with E-state index in [0.29, 0.717) is 36.0 Å². The molecule has 2 atom stereocenters. The van der Waals surface area contributed by atoms with Crippen molar-refractivity contribution >= 4 is 38.9 Å². The zero-order valence-electron chi connectivity index (χ0n) is 20.2. The molecule has 0 aromatic heterocycles. The van der Waals surface area contributed by atoms with E-state index in [1.165, 1.54) is 0 Å². The molecule has 1 saturated carbocycles. The van der Waals surface area contributed by atoms with E-state index in [9.17, 15) is 18.0 Å². The van der Waals surface area contributed by atoms with E-state index in [1.54, 1.807) is 6.07 Å². The number of nitrogens with zero attached hydrogens (tertiary/aromatic N) is 2. The van der Waals surface area contributed by atoms with E-state index < -0.39 is 15.8 Å². The molecule has 2 heterocycles. The molecule has 9 heteroatoms.